The lowest BCUT2D eigenvalue weighted by molar-refractivity contribution is -0.138. The fourth-order valence-electron chi connectivity index (χ4n) is 5.37. The first-order valence-electron chi connectivity index (χ1n) is 14.9. The van der Waals surface area contributed by atoms with Gasteiger partial charge in [0, 0.05) is 16.1 Å². The SMILES string of the molecule is CCOC(=O)C1=C(c2ccccc2)N=c2s/c(=C\c3ccc(OCc4ccccc4Cl)cc3)c(=O)n2[C@H]1c1ccc(OC)c(OC)c1. The molecule has 1 atom stereocenters. The minimum atomic E-state index is -0.844. The Morgan fingerprint density at radius 2 is 1.66 bits per heavy atom. The zero-order valence-corrected chi connectivity index (χ0v) is 27.5. The third-order valence-electron chi connectivity index (χ3n) is 7.63. The average molecular weight is 667 g/mol. The molecule has 8 nitrogen and oxygen atoms in total. The van der Waals surface area contributed by atoms with E-state index < -0.39 is 12.0 Å². The summed E-state index contributed by atoms with van der Waals surface area (Å²) in [6.45, 7) is 2.24. The third kappa shape index (κ3) is 6.58. The molecule has 238 valence electrons. The summed E-state index contributed by atoms with van der Waals surface area (Å²) in [7, 11) is 3.09. The largest absolute Gasteiger partial charge is 0.493 e. The molecule has 2 heterocycles. The van der Waals surface area contributed by atoms with Crippen LogP contribution in [0.2, 0.25) is 5.02 Å². The van der Waals surface area contributed by atoms with Crippen molar-refractivity contribution in [2.45, 2.75) is 19.6 Å². The van der Waals surface area contributed by atoms with Gasteiger partial charge in [-0.25, -0.2) is 9.79 Å². The van der Waals surface area contributed by atoms with Crippen molar-refractivity contribution in [1.29, 1.82) is 0 Å². The molecule has 0 saturated carbocycles. The molecule has 47 heavy (non-hydrogen) atoms. The van der Waals surface area contributed by atoms with E-state index in [4.69, 9.17) is 35.5 Å². The summed E-state index contributed by atoms with van der Waals surface area (Å²) in [5.41, 5.74) is 3.46. The number of aromatic nitrogens is 1. The fraction of sp³-hybridized carbons (Fsp3) is 0.162. The topological polar surface area (TPSA) is 88.4 Å². The van der Waals surface area contributed by atoms with E-state index in [2.05, 4.69) is 0 Å². The zero-order chi connectivity index (χ0) is 32.9. The van der Waals surface area contributed by atoms with Gasteiger partial charge in [0.05, 0.1) is 42.7 Å². The van der Waals surface area contributed by atoms with Gasteiger partial charge in [0.1, 0.15) is 12.4 Å². The minimum Gasteiger partial charge on any atom is -0.493 e. The van der Waals surface area contributed by atoms with E-state index in [0.29, 0.717) is 49.5 Å². The van der Waals surface area contributed by atoms with Crippen LogP contribution in [0.1, 0.15) is 35.2 Å². The zero-order valence-electron chi connectivity index (χ0n) is 25.9. The first-order chi connectivity index (χ1) is 22.9. The van der Waals surface area contributed by atoms with Crippen LogP contribution in [-0.2, 0) is 16.1 Å². The summed E-state index contributed by atoms with van der Waals surface area (Å²) >= 11 is 7.52. The molecule has 0 amide bonds. The van der Waals surface area contributed by atoms with Crippen molar-refractivity contribution in [3.05, 3.63) is 150 Å². The van der Waals surface area contributed by atoms with Crippen molar-refractivity contribution in [3.8, 4) is 17.2 Å². The van der Waals surface area contributed by atoms with Gasteiger partial charge in [-0.2, -0.15) is 0 Å². The number of benzene rings is 4. The second-order valence-electron chi connectivity index (χ2n) is 10.5. The van der Waals surface area contributed by atoms with E-state index in [1.807, 2.05) is 91.0 Å². The number of thiazole rings is 1. The maximum Gasteiger partial charge on any atom is 0.338 e. The molecular weight excluding hydrogens is 636 g/mol. The Balaban J connectivity index is 1.47. The normalized spacial score (nSPS) is 14.3. The number of halogens is 1. The lowest BCUT2D eigenvalue weighted by atomic mass is 9.93. The third-order valence-corrected chi connectivity index (χ3v) is 8.98. The maximum absolute atomic E-state index is 14.2. The molecule has 0 bridgehead atoms. The number of rotatable bonds is 10. The van der Waals surface area contributed by atoms with Gasteiger partial charge in [-0.1, -0.05) is 89.7 Å². The highest BCUT2D eigenvalue weighted by molar-refractivity contribution is 7.07. The van der Waals surface area contributed by atoms with Crippen LogP contribution in [0.5, 0.6) is 17.2 Å². The predicted molar refractivity (Wildman–Crippen MR) is 183 cm³/mol. The van der Waals surface area contributed by atoms with E-state index in [9.17, 15) is 9.59 Å². The second kappa shape index (κ2) is 14.1. The van der Waals surface area contributed by atoms with Crippen LogP contribution in [-0.4, -0.2) is 31.4 Å². The Hall–Kier alpha value is -5.12. The Morgan fingerprint density at radius 1 is 0.936 bits per heavy atom. The Bertz CT molecular complexity index is 2140. The maximum atomic E-state index is 14.2. The molecule has 5 aromatic rings. The number of fused-ring (bicyclic) bond motifs is 1. The van der Waals surface area contributed by atoms with Crippen LogP contribution < -0.4 is 29.1 Å². The lowest BCUT2D eigenvalue weighted by Gasteiger charge is -2.26. The van der Waals surface area contributed by atoms with Gasteiger partial charge in [0.2, 0.25) is 0 Å². The number of ether oxygens (including phenoxy) is 4. The summed E-state index contributed by atoms with van der Waals surface area (Å²) in [6.07, 6.45) is 1.81. The van der Waals surface area contributed by atoms with Crippen LogP contribution >= 0.6 is 22.9 Å². The molecule has 0 unspecified atom stereocenters. The summed E-state index contributed by atoms with van der Waals surface area (Å²) < 4.78 is 24.6. The van der Waals surface area contributed by atoms with Gasteiger partial charge in [0.15, 0.2) is 16.3 Å². The Kier molecular flexibility index (Phi) is 9.56. The lowest BCUT2D eigenvalue weighted by Crippen LogP contribution is -2.40. The molecular formula is C37H31ClN2O6S. The van der Waals surface area contributed by atoms with Crippen LogP contribution in [0.3, 0.4) is 0 Å². The molecule has 4 aromatic carbocycles. The number of hydrogen-bond acceptors (Lipinski definition) is 8. The number of esters is 1. The minimum absolute atomic E-state index is 0.158. The molecule has 0 N–H and O–H groups in total. The van der Waals surface area contributed by atoms with Crippen molar-refractivity contribution >= 4 is 40.7 Å². The van der Waals surface area contributed by atoms with Crippen LogP contribution in [0.4, 0.5) is 0 Å². The first-order valence-corrected chi connectivity index (χ1v) is 16.1. The predicted octanol–water partition coefficient (Wildman–Crippen LogP) is 6.19. The molecule has 0 fully saturated rings. The summed E-state index contributed by atoms with van der Waals surface area (Å²) in [6, 6.07) is 28.9. The van der Waals surface area contributed by atoms with E-state index in [0.717, 1.165) is 16.7 Å². The molecule has 1 aliphatic heterocycles. The highest BCUT2D eigenvalue weighted by atomic mass is 35.5. The van der Waals surface area contributed by atoms with Gasteiger partial charge < -0.3 is 18.9 Å². The van der Waals surface area contributed by atoms with Crippen LogP contribution in [0.15, 0.2) is 112 Å². The first kappa shape index (κ1) is 31.8. The molecule has 1 aromatic heterocycles. The summed E-state index contributed by atoms with van der Waals surface area (Å²) in [4.78, 5) is 33.3. The van der Waals surface area contributed by atoms with Crippen LogP contribution in [0, 0.1) is 0 Å². The molecule has 0 spiro atoms. The van der Waals surface area contributed by atoms with Gasteiger partial charge in [-0.3, -0.25) is 9.36 Å². The van der Waals surface area contributed by atoms with Gasteiger partial charge >= 0.3 is 5.97 Å². The van der Waals surface area contributed by atoms with Crippen LogP contribution in [0.25, 0.3) is 11.8 Å². The van der Waals surface area contributed by atoms with Crippen molar-refractivity contribution < 1.29 is 23.7 Å². The molecule has 6 rings (SSSR count). The summed E-state index contributed by atoms with van der Waals surface area (Å²) in [5, 5.41) is 0.646. The quantitative estimate of drug-likeness (QED) is 0.165. The molecule has 1 aliphatic rings. The van der Waals surface area contributed by atoms with Crippen molar-refractivity contribution in [3.63, 3.8) is 0 Å². The molecule has 0 saturated heterocycles. The number of methoxy groups -OCH3 is 2. The van der Waals surface area contributed by atoms with E-state index in [1.165, 1.54) is 18.4 Å². The van der Waals surface area contributed by atoms with Gasteiger partial charge in [-0.05, 0) is 54.5 Å². The highest BCUT2D eigenvalue weighted by Crippen LogP contribution is 2.38. The Morgan fingerprint density at radius 3 is 2.36 bits per heavy atom. The number of carbonyl (C=O) groups excluding carboxylic acids is 1. The van der Waals surface area contributed by atoms with E-state index in [-0.39, 0.29) is 17.7 Å². The Labute approximate surface area is 280 Å². The standard InChI is InChI=1S/C37H31ClN2O6S/c1-4-45-36(42)32-33(24-10-6-5-7-11-24)39-37-40(34(32)25-16-19-29(43-2)30(21-25)44-3)35(41)31(47-37)20-23-14-17-27(18-15-23)46-22-26-12-8-9-13-28(26)38/h5-21,34H,4,22H2,1-3H3/b31-20-/t34-/m0/s1. The van der Waals surface area contributed by atoms with Crippen molar-refractivity contribution in [2.24, 2.45) is 4.99 Å². The van der Waals surface area contributed by atoms with Gasteiger partial charge in [-0.15, -0.1) is 0 Å². The van der Waals surface area contributed by atoms with Crippen molar-refractivity contribution in [1.82, 2.24) is 4.57 Å². The van der Waals surface area contributed by atoms with E-state index >= 15 is 0 Å². The smallest absolute Gasteiger partial charge is 0.338 e. The number of hydrogen-bond donors (Lipinski definition) is 0. The van der Waals surface area contributed by atoms with Gasteiger partial charge in [0.25, 0.3) is 5.56 Å². The number of nitrogens with zero attached hydrogens (tertiary/aromatic N) is 2. The van der Waals surface area contributed by atoms with Crippen molar-refractivity contribution in [2.75, 3.05) is 20.8 Å². The summed E-state index contributed by atoms with van der Waals surface area (Å²) in [5.74, 6) is 1.10. The highest BCUT2D eigenvalue weighted by Gasteiger charge is 2.35. The number of carbonyl (C=O) groups is 1. The molecule has 0 radical (unpaired) electrons. The van der Waals surface area contributed by atoms with E-state index in [1.54, 1.807) is 30.7 Å². The monoisotopic (exact) mass is 666 g/mol. The fourth-order valence-corrected chi connectivity index (χ4v) is 6.56. The second-order valence-corrected chi connectivity index (χ2v) is 11.9. The molecule has 10 heteroatoms. The average Bonchev–Trinajstić information content (AvgIpc) is 3.41. The molecule has 0 aliphatic carbocycles.